The number of rotatable bonds is 5. The molecule has 0 atom stereocenters. The summed E-state index contributed by atoms with van der Waals surface area (Å²) in [5.41, 5.74) is 8.46. The van der Waals surface area contributed by atoms with Crippen molar-refractivity contribution in [2.45, 2.75) is 0 Å². The van der Waals surface area contributed by atoms with E-state index in [0.29, 0.717) is 17.5 Å². The van der Waals surface area contributed by atoms with Crippen LogP contribution in [-0.2, 0) is 0 Å². The highest BCUT2D eigenvalue weighted by Crippen LogP contribution is 2.44. The zero-order valence-electron chi connectivity index (χ0n) is 27.4. The monoisotopic (exact) mass is 668 g/mol. The Bertz CT molecular complexity index is 2900. The Kier molecular flexibility index (Phi) is 6.96. The number of aromatic nitrogens is 4. The number of benzene rings is 7. The van der Waals surface area contributed by atoms with Crippen LogP contribution in [0, 0.1) is 0 Å². The van der Waals surface area contributed by atoms with E-state index in [1.165, 1.54) is 21.0 Å². The van der Waals surface area contributed by atoms with Crippen LogP contribution < -0.4 is 0 Å². The summed E-state index contributed by atoms with van der Waals surface area (Å²) >= 11 is 1.79. The van der Waals surface area contributed by atoms with Crippen LogP contribution in [0.3, 0.4) is 0 Å². The Morgan fingerprint density at radius 1 is 0.373 bits per heavy atom. The van der Waals surface area contributed by atoms with Crippen LogP contribution >= 0.6 is 11.3 Å². The van der Waals surface area contributed by atoms with E-state index in [-0.39, 0.29) is 0 Å². The van der Waals surface area contributed by atoms with Gasteiger partial charge in [-0.15, -0.1) is 11.3 Å². The van der Waals surface area contributed by atoms with E-state index >= 15 is 0 Å². The van der Waals surface area contributed by atoms with E-state index < -0.39 is 0 Å². The molecule has 0 saturated carbocycles. The number of fused-ring (bicyclic) bond motifs is 6. The lowest BCUT2D eigenvalue weighted by Crippen LogP contribution is -2.00. The smallest absolute Gasteiger partial charge is 0.165 e. The summed E-state index contributed by atoms with van der Waals surface area (Å²) in [6, 6.07) is 57.3. The van der Waals surface area contributed by atoms with Crippen LogP contribution in [0.5, 0.6) is 0 Å². The Hall–Kier alpha value is -6.56. The molecule has 7 aromatic carbocycles. The fourth-order valence-electron chi connectivity index (χ4n) is 7.09. The first-order valence-corrected chi connectivity index (χ1v) is 17.8. The third-order valence-electron chi connectivity index (χ3n) is 9.56. The van der Waals surface area contributed by atoms with Gasteiger partial charge in [-0.3, -0.25) is 4.98 Å². The van der Waals surface area contributed by atoms with E-state index in [1.807, 2.05) is 36.5 Å². The molecule has 0 radical (unpaired) electrons. The highest BCUT2D eigenvalue weighted by atomic mass is 32.1. The maximum absolute atomic E-state index is 5.24. The standard InChI is InChI=1S/C46H28N4S/c1-3-12-29(13-4-1)30-21-23-32(24-22-30)45-48-44(31-14-5-2-6-15-31)49-46(50-45)40-28-34(27-39-36-18-9-10-20-41(36)51-43(39)40)38-26-33-16-11-25-47-42(33)37-19-8-7-17-35(37)38/h1-28H. The van der Waals surface area contributed by atoms with Crippen molar-refractivity contribution in [2.24, 2.45) is 0 Å². The van der Waals surface area contributed by atoms with Crippen LogP contribution in [0.2, 0.25) is 0 Å². The van der Waals surface area contributed by atoms with Gasteiger partial charge in [0.2, 0.25) is 0 Å². The first-order chi connectivity index (χ1) is 25.3. The molecular formula is C46H28N4S. The van der Waals surface area contributed by atoms with Crippen LogP contribution in [-0.4, -0.2) is 19.9 Å². The molecule has 5 heteroatoms. The van der Waals surface area contributed by atoms with Crippen LogP contribution in [0.1, 0.15) is 0 Å². The van der Waals surface area contributed by atoms with Crippen LogP contribution in [0.4, 0.5) is 0 Å². The van der Waals surface area contributed by atoms with Crippen molar-refractivity contribution in [2.75, 3.05) is 0 Å². The molecule has 3 aromatic heterocycles. The Morgan fingerprint density at radius 2 is 0.961 bits per heavy atom. The number of nitrogens with zero attached hydrogens (tertiary/aromatic N) is 4. The second kappa shape index (κ2) is 12.1. The first kappa shape index (κ1) is 29.4. The van der Waals surface area contributed by atoms with Gasteiger partial charge in [0.25, 0.3) is 0 Å². The zero-order chi connectivity index (χ0) is 33.7. The molecular weight excluding hydrogens is 641 g/mol. The zero-order valence-corrected chi connectivity index (χ0v) is 28.2. The van der Waals surface area contributed by atoms with Gasteiger partial charge in [-0.1, -0.05) is 133 Å². The van der Waals surface area contributed by atoms with Gasteiger partial charge < -0.3 is 0 Å². The molecule has 0 aliphatic carbocycles. The largest absolute Gasteiger partial charge is 0.256 e. The first-order valence-electron chi connectivity index (χ1n) is 17.0. The van der Waals surface area contributed by atoms with Crippen molar-refractivity contribution >= 4 is 53.2 Å². The average molecular weight is 669 g/mol. The fourth-order valence-corrected chi connectivity index (χ4v) is 8.28. The van der Waals surface area contributed by atoms with Gasteiger partial charge in [0.05, 0.1) is 5.52 Å². The lowest BCUT2D eigenvalue weighted by molar-refractivity contribution is 1.08. The van der Waals surface area contributed by atoms with Gasteiger partial charge in [-0.2, -0.15) is 0 Å². The van der Waals surface area contributed by atoms with E-state index in [9.17, 15) is 0 Å². The highest BCUT2D eigenvalue weighted by molar-refractivity contribution is 7.26. The van der Waals surface area contributed by atoms with E-state index in [2.05, 4.69) is 133 Å². The summed E-state index contributed by atoms with van der Waals surface area (Å²) in [5.74, 6) is 1.93. The Balaban J connectivity index is 1.24. The minimum Gasteiger partial charge on any atom is -0.256 e. The predicted octanol–water partition coefficient (Wildman–Crippen LogP) is 12.3. The van der Waals surface area contributed by atoms with Crippen molar-refractivity contribution in [1.82, 2.24) is 19.9 Å². The quantitative estimate of drug-likeness (QED) is 0.171. The molecule has 10 rings (SSSR count). The summed E-state index contributed by atoms with van der Waals surface area (Å²) in [4.78, 5) is 20.3. The SMILES string of the molecule is c1ccc(-c2ccc(-c3nc(-c4ccccc4)nc(-c4cc(-c5cc6cccnc6c6ccccc56)cc5c4sc4ccccc45)n3)cc2)cc1. The van der Waals surface area contributed by atoms with E-state index in [1.54, 1.807) is 11.3 Å². The topological polar surface area (TPSA) is 51.6 Å². The van der Waals surface area contributed by atoms with Crippen molar-refractivity contribution in [1.29, 1.82) is 0 Å². The molecule has 4 nitrogen and oxygen atoms in total. The molecule has 0 unspecified atom stereocenters. The molecule has 0 bridgehead atoms. The number of hydrogen-bond donors (Lipinski definition) is 0. The summed E-state index contributed by atoms with van der Waals surface area (Å²) in [7, 11) is 0. The van der Waals surface area contributed by atoms with Crippen molar-refractivity contribution in [3.63, 3.8) is 0 Å². The van der Waals surface area contributed by atoms with Gasteiger partial charge in [0.1, 0.15) is 0 Å². The van der Waals surface area contributed by atoms with Gasteiger partial charge in [-0.05, 0) is 58.0 Å². The Morgan fingerprint density at radius 3 is 1.73 bits per heavy atom. The summed E-state index contributed by atoms with van der Waals surface area (Å²) in [6.07, 6.45) is 1.87. The molecule has 0 amide bonds. The summed E-state index contributed by atoms with van der Waals surface area (Å²) in [6.45, 7) is 0. The van der Waals surface area contributed by atoms with Crippen molar-refractivity contribution in [3.8, 4) is 56.4 Å². The summed E-state index contributed by atoms with van der Waals surface area (Å²) < 4.78 is 2.38. The third kappa shape index (κ3) is 5.14. The maximum Gasteiger partial charge on any atom is 0.165 e. The van der Waals surface area contributed by atoms with Crippen LogP contribution in [0.25, 0.3) is 98.3 Å². The lowest BCUT2D eigenvalue weighted by Gasteiger charge is -2.14. The van der Waals surface area contributed by atoms with Crippen molar-refractivity contribution in [3.05, 3.63) is 170 Å². The number of hydrogen-bond acceptors (Lipinski definition) is 5. The molecule has 0 aliphatic heterocycles. The molecule has 0 spiro atoms. The second-order valence-corrected chi connectivity index (χ2v) is 13.7. The molecule has 51 heavy (non-hydrogen) atoms. The predicted molar refractivity (Wildman–Crippen MR) is 213 cm³/mol. The van der Waals surface area contributed by atoms with Gasteiger partial charge in [0, 0.05) is 53.8 Å². The number of thiophene rings is 1. The summed E-state index contributed by atoms with van der Waals surface area (Å²) in [5, 5.41) is 5.81. The average Bonchev–Trinajstić information content (AvgIpc) is 3.59. The molecule has 0 fully saturated rings. The number of pyridine rings is 1. The van der Waals surface area contributed by atoms with Gasteiger partial charge in [-0.25, -0.2) is 15.0 Å². The molecule has 3 heterocycles. The normalized spacial score (nSPS) is 11.5. The molecule has 0 N–H and O–H groups in total. The van der Waals surface area contributed by atoms with E-state index in [0.717, 1.165) is 59.8 Å². The maximum atomic E-state index is 5.24. The fraction of sp³-hybridized carbons (Fsp3) is 0. The van der Waals surface area contributed by atoms with Crippen LogP contribution in [0.15, 0.2) is 170 Å². The molecule has 10 aromatic rings. The second-order valence-electron chi connectivity index (χ2n) is 12.7. The minimum atomic E-state index is 0.639. The highest BCUT2D eigenvalue weighted by Gasteiger charge is 2.20. The molecule has 0 aliphatic rings. The van der Waals surface area contributed by atoms with E-state index in [4.69, 9.17) is 19.9 Å². The van der Waals surface area contributed by atoms with Gasteiger partial charge in [0.15, 0.2) is 17.5 Å². The third-order valence-corrected chi connectivity index (χ3v) is 10.8. The lowest BCUT2D eigenvalue weighted by atomic mass is 9.93. The molecule has 238 valence electrons. The molecule has 0 saturated heterocycles. The van der Waals surface area contributed by atoms with Gasteiger partial charge >= 0.3 is 0 Å². The Labute approximate surface area is 298 Å². The van der Waals surface area contributed by atoms with Crippen molar-refractivity contribution < 1.29 is 0 Å². The minimum absolute atomic E-state index is 0.639.